The fourth-order valence-corrected chi connectivity index (χ4v) is 4.30. The first-order valence-corrected chi connectivity index (χ1v) is 8.94. The zero-order chi connectivity index (χ0) is 15.8. The topological polar surface area (TPSA) is 54.4 Å². The van der Waals surface area contributed by atoms with E-state index in [9.17, 15) is 22.3 Å². The van der Waals surface area contributed by atoms with Crippen molar-refractivity contribution in [2.75, 3.05) is 6.26 Å². The molecule has 0 aliphatic heterocycles. The van der Waals surface area contributed by atoms with Crippen molar-refractivity contribution < 1.29 is 22.3 Å². The number of benzene rings is 1. The molecule has 0 spiro atoms. The molecule has 3 unspecified atom stereocenters. The summed E-state index contributed by atoms with van der Waals surface area (Å²) in [6.07, 6.45) is 3.39. The third-order valence-electron chi connectivity index (χ3n) is 4.47. The van der Waals surface area contributed by atoms with Gasteiger partial charge in [0, 0.05) is 12.3 Å². The Morgan fingerprint density at radius 2 is 1.76 bits per heavy atom. The summed E-state index contributed by atoms with van der Waals surface area (Å²) in [4.78, 5) is 0. The number of sulfone groups is 1. The smallest absolute Gasteiger partial charge is 0.150 e. The van der Waals surface area contributed by atoms with Crippen LogP contribution < -0.4 is 0 Å². The van der Waals surface area contributed by atoms with E-state index in [4.69, 9.17) is 0 Å². The summed E-state index contributed by atoms with van der Waals surface area (Å²) in [5.41, 5.74) is -1.30. The van der Waals surface area contributed by atoms with E-state index in [2.05, 4.69) is 0 Å². The highest BCUT2D eigenvalue weighted by molar-refractivity contribution is 7.91. The second kappa shape index (κ2) is 5.65. The van der Waals surface area contributed by atoms with Gasteiger partial charge in [-0.05, 0) is 49.8 Å². The maximum absolute atomic E-state index is 13.3. The van der Waals surface area contributed by atoms with Crippen LogP contribution in [-0.4, -0.2) is 25.0 Å². The second-order valence-corrected chi connectivity index (χ2v) is 8.45. The molecule has 0 radical (unpaired) electrons. The maximum atomic E-state index is 13.3. The zero-order valence-corrected chi connectivity index (χ0v) is 13.0. The van der Waals surface area contributed by atoms with Crippen molar-refractivity contribution >= 4 is 9.84 Å². The number of hydrogen-bond acceptors (Lipinski definition) is 3. The quantitative estimate of drug-likeness (QED) is 0.932. The summed E-state index contributed by atoms with van der Waals surface area (Å²) >= 11 is 0. The van der Waals surface area contributed by atoms with E-state index in [0.29, 0.717) is 25.7 Å². The monoisotopic (exact) mass is 318 g/mol. The number of hydrogen-bond donors (Lipinski definition) is 1. The van der Waals surface area contributed by atoms with Crippen molar-refractivity contribution in [2.24, 2.45) is 5.92 Å². The van der Waals surface area contributed by atoms with Gasteiger partial charge in [0.2, 0.25) is 0 Å². The molecule has 3 atom stereocenters. The van der Waals surface area contributed by atoms with Gasteiger partial charge in [0.1, 0.15) is 21.5 Å². The Hall–Kier alpha value is -1.01. The number of rotatable bonds is 3. The third-order valence-corrected chi connectivity index (χ3v) is 6.11. The van der Waals surface area contributed by atoms with Crippen molar-refractivity contribution in [2.45, 2.75) is 43.5 Å². The Bertz CT molecular complexity index is 606. The number of halogens is 2. The van der Waals surface area contributed by atoms with Crippen LogP contribution in [0.1, 0.15) is 38.2 Å². The molecule has 1 N–H and O–H groups in total. The zero-order valence-electron chi connectivity index (χ0n) is 12.1. The summed E-state index contributed by atoms with van der Waals surface area (Å²) in [5.74, 6) is -1.84. The Balaban J connectivity index is 2.30. The first kappa shape index (κ1) is 16.4. The molecule has 21 heavy (non-hydrogen) atoms. The lowest BCUT2D eigenvalue weighted by Gasteiger charge is -2.38. The van der Waals surface area contributed by atoms with Crippen LogP contribution in [-0.2, 0) is 15.4 Å². The highest BCUT2D eigenvalue weighted by Crippen LogP contribution is 2.41. The molecular formula is C15H20F2O3S. The number of aliphatic hydroxyl groups is 1. The summed E-state index contributed by atoms with van der Waals surface area (Å²) < 4.78 is 50.1. The fraction of sp³-hybridized carbons (Fsp3) is 0.600. The minimum absolute atomic E-state index is 0.152. The molecular weight excluding hydrogens is 298 g/mol. The Morgan fingerprint density at radius 1 is 1.19 bits per heavy atom. The van der Waals surface area contributed by atoms with Crippen LogP contribution >= 0.6 is 0 Å². The van der Waals surface area contributed by atoms with Gasteiger partial charge >= 0.3 is 0 Å². The van der Waals surface area contributed by atoms with Gasteiger partial charge in [-0.25, -0.2) is 17.2 Å². The minimum atomic E-state index is -3.18. The summed E-state index contributed by atoms with van der Waals surface area (Å²) in [7, 11) is -3.18. The Kier molecular flexibility index (Phi) is 4.40. The van der Waals surface area contributed by atoms with Crippen molar-refractivity contribution in [1.82, 2.24) is 0 Å². The average molecular weight is 318 g/mol. The molecule has 0 amide bonds. The molecule has 1 fully saturated rings. The first-order valence-electron chi connectivity index (χ1n) is 6.98. The third kappa shape index (κ3) is 3.61. The summed E-state index contributed by atoms with van der Waals surface area (Å²) in [6, 6.07) is 2.96. The molecule has 118 valence electrons. The molecule has 3 nitrogen and oxygen atoms in total. The van der Waals surface area contributed by atoms with Crippen molar-refractivity contribution in [3.05, 3.63) is 35.4 Å². The van der Waals surface area contributed by atoms with Gasteiger partial charge in [-0.2, -0.15) is 0 Å². The maximum Gasteiger partial charge on any atom is 0.150 e. The molecule has 0 aromatic heterocycles. The van der Waals surface area contributed by atoms with E-state index < -0.39 is 32.3 Å². The largest absolute Gasteiger partial charge is 0.385 e. The molecule has 2 rings (SSSR count). The molecule has 6 heteroatoms. The first-order chi connectivity index (χ1) is 9.60. The van der Waals surface area contributed by atoms with E-state index >= 15 is 0 Å². The van der Waals surface area contributed by atoms with Crippen LogP contribution in [0.2, 0.25) is 0 Å². The normalized spacial score (nSPS) is 26.3. The molecule has 0 saturated heterocycles. The summed E-state index contributed by atoms with van der Waals surface area (Å²) in [6.45, 7) is 1.50. The van der Waals surface area contributed by atoms with Crippen molar-refractivity contribution in [3.8, 4) is 0 Å². The molecule has 1 aromatic rings. The van der Waals surface area contributed by atoms with E-state index in [0.717, 1.165) is 18.2 Å². The standard InChI is InChI=1S/C15H20F2O3S/c1-15(18,11-6-12(16)9-13(17)7-11)10-4-3-5-14(8-10)21(2,19)20/h6-7,9-10,14,18H,3-5,8H2,1-2H3. The van der Waals surface area contributed by atoms with Crippen LogP contribution in [0.3, 0.4) is 0 Å². The Morgan fingerprint density at radius 3 is 2.29 bits per heavy atom. The van der Waals surface area contributed by atoms with Crippen LogP contribution in [0.5, 0.6) is 0 Å². The molecule has 1 saturated carbocycles. The van der Waals surface area contributed by atoms with Gasteiger partial charge < -0.3 is 5.11 Å². The molecule has 0 heterocycles. The van der Waals surface area contributed by atoms with Gasteiger partial charge in [0.25, 0.3) is 0 Å². The lowest BCUT2D eigenvalue weighted by molar-refractivity contribution is -0.0213. The van der Waals surface area contributed by atoms with E-state index in [1.165, 1.54) is 13.2 Å². The molecule has 1 aromatic carbocycles. The predicted octanol–water partition coefficient (Wildman–Crippen LogP) is 2.78. The van der Waals surface area contributed by atoms with E-state index in [1.54, 1.807) is 0 Å². The van der Waals surface area contributed by atoms with E-state index in [1.807, 2.05) is 0 Å². The average Bonchev–Trinajstić information content (AvgIpc) is 2.36. The second-order valence-electron chi connectivity index (χ2n) is 6.12. The van der Waals surface area contributed by atoms with Gasteiger partial charge in [-0.1, -0.05) is 6.42 Å². The van der Waals surface area contributed by atoms with Gasteiger partial charge in [-0.3, -0.25) is 0 Å². The minimum Gasteiger partial charge on any atom is -0.385 e. The van der Waals surface area contributed by atoms with Crippen molar-refractivity contribution in [1.29, 1.82) is 0 Å². The van der Waals surface area contributed by atoms with Gasteiger partial charge in [0.05, 0.1) is 10.9 Å². The molecule has 0 bridgehead atoms. The van der Waals surface area contributed by atoms with E-state index in [-0.39, 0.29) is 11.5 Å². The van der Waals surface area contributed by atoms with Crippen LogP contribution in [0, 0.1) is 17.6 Å². The highest BCUT2D eigenvalue weighted by Gasteiger charge is 2.40. The molecule has 1 aliphatic carbocycles. The highest BCUT2D eigenvalue weighted by atomic mass is 32.2. The van der Waals surface area contributed by atoms with Crippen molar-refractivity contribution in [3.63, 3.8) is 0 Å². The summed E-state index contributed by atoms with van der Waals surface area (Å²) in [5, 5.41) is 10.2. The predicted molar refractivity (Wildman–Crippen MR) is 76.5 cm³/mol. The SMILES string of the molecule is CC(O)(c1cc(F)cc(F)c1)C1CCCC(S(C)(=O)=O)C1. The lowest BCUT2D eigenvalue weighted by Crippen LogP contribution is -2.39. The van der Waals surface area contributed by atoms with Crippen LogP contribution in [0.15, 0.2) is 18.2 Å². The van der Waals surface area contributed by atoms with Crippen LogP contribution in [0.25, 0.3) is 0 Å². The van der Waals surface area contributed by atoms with Gasteiger partial charge in [0.15, 0.2) is 0 Å². The molecule has 1 aliphatic rings. The van der Waals surface area contributed by atoms with Crippen LogP contribution in [0.4, 0.5) is 8.78 Å². The lowest BCUT2D eigenvalue weighted by atomic mass is 9.74. The van der Waals surface area contributed by atoms with Gasteiger partial charge in [-0.15, -0.1) is 0 Å². The Labute approximate surface area is 123 Å². The fourth-order valence-electron chi connectivity index (χ4n) is 3.13.